The van der Waals surface area contributed by atoms with Gasteiger partial charge in [-0.1, -0.05) is 18.2 Å². The summed E-state index contributed by atoms with van der Waals surface area (Å²) in [6.45, 7) is 0.439. The fourth-order valence-electron chi connectivity index (χ4n) is 1.94. The molecule has 0 atom stereocenters. The first-order valence-corrected chi connectivity index (χ1v) is 6.18. The van der Waals surface area contributed by atoms with Crippen LogP contribution in [0.3, 0.4) is 0 Å². The first kappa shape index (κ1) is 13.9. The second kappa shape index (κ2) is 6.06. The van der Waals surface area contributed by atoms with Crippen LogP contribution in [0.15, 0.2) is 47.3 Å². The zero-order valence-corrected chi connectivity index (χ0v) is 11.1. The molecule has 104 valence electrons. The molecule has 1 heterocycles. The Balaban J connectivity index is 2.02. The van der Waals surface area contributed by atoms with Crippen LogP contribution in [0.4, 0.5) is 0 Å². The van der Waals surface area contributed by atoms with Gasteiger partial charge in [0, 0.05) is 13.6 Å². The Hall–Kier alpha value is -2.56. The minimum absolute atomic E-state index is 0.147. The van der Waals surface area contributed by atoms with Gasteiger partial charge >= 0.3 is 5.97 Å². The van der Waals surface area contributed by atoms with Gasteiger partial charge < -0.3 is 14.4 Å². The van der Waals surface area contributed by atoms with E-state index in [4.69, 9.17) is 9.52 Å². The van der Waals surface area contributed by atoms with Crippen LogP contribution in [0.25, 0.3) is 0 Å². The maximum absolute atomic E-state index is 12.0. The largest absolute Gasteiger partial charge is 0.478 e. The second-order valence-corrected chi connectivity index (χ2v) is 4.45. The van der Waals surface area contributed by atoms with E-state index in [1.165, 1.54) is 12.5 Å². The number of nitrogens with zero attached hydrogens (tertiary/aromatic N) is 1. The van der Waals surface area contributed by atoms with Crippen molar-refractivity contribution in [3.05, 3.63) is 59.5 Å². The predicted molar refractivity (Wildman–Crippen MR) is 72.8 cm³/mol. The number of amides is 1. The summed E-state index contributed by atoms with van der Waals surface area (Å²) < 4.78 is 4.87. The van der Waals surface area contributed by atoms with Gasteiger partial charge in [-0.05, 0) is 24.1 Å². The smallest absolute Gasteiger partial charge is 0.335 e. The molecule has 0 spiro atoms. The normalized spacial score (nSPS) is 10.2. The first-order valence-electron chi connectivity index (χ1n) is 6.18. The molecule has 2 aromatic rings. The number of likely N-dealkylation sites (N-methyl/N-ethyl adjacent to an activating group) is 1. The summed E-state index contributed by atoms with van der Waals surface area (Å²) in [7, 11) is 1.68. The number of furan rings is 1. The van der Waals surface area contributed by atoms with Gasteiger partial charge in [-0.15, -0.1) is 0 Å². The van der Waals surface area contributed by atoms with Crippen molar-refractivity contribution in [1.29, 1.82) is 0 Å². The zero-order valence-electron chi connectivity index (χ0n) is 11.1. The van der Waals surface area contributed by atoms with E-state index in [1.54, 1.807) is 42.3 Å². The second-order valence-electron chi connectivity index (χ2n) is 4.45. The standard InChI is InChI=1S/C15H15NO4/c1-16(14(17)12-7-9-20-10-12)8-6-11-4-2-3-5-13(11)15(18)19/h2-5,7,9-10H,6,8H2,1H3,(H,18,19). The third kappa shape index (κ3) is 3.06. The summed E-state index contributed by atoms with van der Waals surface area (Å²) >= 11 is 0. The van der Waals surface area contributed by atoms with E-state index < -0.39 is 5.97 Å². The molecule has 0 bridgehead atoms. The summed E-state index contributed by atoms with van der Waals surface area (Å²) in [5.41, 5.74) is 1.47. The molecule has 1 N–H and O–H groups in total. The Labute approximate surface area is 116 Å². The van der Waals surface area contributed by atoms with Gasteiger partial charge in [-0.25, -0.2) is 4.79 Å². The van der Waals surface area contributed by atoms with Crippen molar-refractivity contribution in [2.45, 2.75) is 6.42 Å². The van der Waals surface area contributed by atoms with Gasteiger partial charge in [-0.2, -0.15) is 0 Å². The molecule has 0 aliphatic carbocycles. The van der Waals surface area contributed by atoms with Crippen molar-refractivity contribution in [3.63, 3.8) is 0 Å². The van der Waals surface area contributed by atoms with Crippen LogP contribution in [-0.4, -0.2) is 35.5 Å². The SMILES string of the molecule is CN(CCc1ccccc1C(=O)O)C(=O)c1ccoc1. The van der Waals surface area contributed by atoms with Crippen molar-refractivity contribution in [3.8, 4) is 0 Å². The first-order chi connectivity index (χ1) is 9.59. The molecule has 1 amide bonds. The molecule has 1 aromatic carbocycles. The van der Waals surface area contributed by atoms with Crippen LogP contribution in [0.5, 0.6) is 0 Å². The summed E-state index contributed by atoms with van der Waals surface area (Å²) in [4.78, 5) is 24.6. The number of benzene rings is 1. The molecule has 20 heavy (non-hydrogen) atoms. The van der Waals surface area contributed by atoms with E-state index >= 15 is 0 Å². The molecule has 0 unspecified atom stereocenters. The highest BCUT2D eigenvalue weighted by atomic mass is 16.4. The minimum Gasteiger partial charge on any atom is -0.478 e. The van der Waals surface area contributed by atoms with E-state index in [9.17, 15) is 9.59 Å². The Morgan fingerprint density at radius 3 is 2.65 bits per heavy atom. The lowest BCUT2D eigenvalue weighted by Gasteiger charge is -2.16. The average molecular weight is 273 g/mol. The van der Waals surface area contributed by atoms with Gasteiger partial charge in [0.2, 0.25) is 0 Å². The molecule has 1 aromatic heterocycles. The molecule has 2 rings (SSSR count). The molecular weight excluding hydrogens is 258 g/mol. The van der Waals surface area contributed by atoms with Gasteiger partial charge in [0.25, 0.3) is 5.91 Å². The lowest BCUT2D eigenvalue weighted by Crippen LogP contribution is -2.28. The minimum atomic E-state index is -0.954. The van der Waals surface area contributed by atoms with E-state index in [2.05, 4.69) is 0 Å². The number of rotatable bonds is 5. The Morgan fingerprint density at radius 2 is 2.00 bits per heavy atom. The van der Waals surface area contributed by atoms with Crippen LogP contribution >= 0.6 is 0 Å². The topological polar surface area (TPSA) is 70.8 Å². The maximum Gasteiger partial charge on any atom is 0.335 e. The molecule has 5 nitrogen and oxygen atoms in total. The summed E-state index contributed by atoms with van der Waals surface area (Å²) in [5, 5.41) is 9.10. The lowest BCUT2D eigenvalue weighted by molar-refractivity contribution is 0.0695. The van der Waals surface area contributed by atoms with Crippen LogP contribution in [0.2, 0.25) is 0 Å². The summed E-state index contributed by atoms with van der Waals surface area (Å²) in [6, 6.07) is 8.41. The lowest BCUT2D eigenvalue weighted by atomic mass is 10.0. The molecular formula is C15H15NO4. The van der Waals surface area contributed by atoms with Crippen LogP contribution in [0.1, 0.15) is 26.3 Å². The van der Waals surface area contributed by atoms with Crippen molar-refractivity contribution < 1.29 is 19.1 Å². The van der Waals surface area contributed by atoms with Gasteiger partial charge in [0.15, 0.2) is 0 Å². The molecule has 0 saturated carbocycles. The van der Waals surface area contributed by atoms with Crippen molar-refractivity contribution >= 4 is 11.9 Å². The van der Waals surface area contributed by atoms with Crippen molar-refractivity contribution in [2.24, 2.45) is 0 Å². The number of carbonyl (C=O) groups excluding carboxylic acids is 1. The fourth-order valence-corrected chi connectivity index (χ4v) is 1.94. The average Bonchev–Trinajstić information content (AvgIpc) is 2.98. The number of hydrogen-bond acceptors (Lipinski definition) is 3. The van der Waals surface area contributed by atoms with Crippen molar-refractivity contribution in [2.75, 3.05) is 13.6 Å². The number of carbonyl (C=O) groups is 2. The van der Waals surface area contributed by atoms with Gasteiger partial charge in [0.1, 0.15) is 6.26 Å². The van der Waals surface area contributed by atoms with E-state index in [0.29, 0.717) is 24.1 Å². The number of carboxylic acid groups (broad SMARTS) is 1. The van der Waals surface area contributed by atoms with Crippen LogP contribution in [0, 0.1) is 0 Å². The summed E-state index contributed by atoms with van der Waals surface area (Å²) in [6.07, 6.45) is 3.33. The molecule has 0 fully saturated rings. The third-order valence-corrected chi connectivity index (χ3v) is 3.08. The maximum atomic E-state index is 12.0. The fraction of sp³-hybridized carbons (Fsp3) is 0.200. The monoisotopic (exact) mass is 273 g/mol. The number of aromatic carboxylic acids is 1. The van der Waals surface area contributed by atoms with Crippen molar-refractivity contribution in [1.82, 2.24) is 4.90 Å². The quantitative estimate of drug-likeness (QED) is 0.907. The molecule has 0 radical (unpaired) electrons. The van der Waals surface area contributed by atoms with Crippen LogP contribution < -0.4 is 0 Å². The Kier molecular flexibility index (Phi) is 4.20. The molecule has 0 aliphatic heterocycles. The highest BCUT2D eigenvalue weighted by molar-refractivity contribution is 5.93. The predicted octanol–water partition coefficient (Wildman–Crippen LogP) is 2.29. The van der Waals surface area contributed by atoms with Gasteiger partial charge in [0.05, 0.1) is 17.4 Å². The highest BCUT2D eigenvalue weighted by Crippen LogP contribution is 2.11. The Bertz CT molecular complexity index is 604. The third-order valence-electron chi connectivity index (χ3n) is 3.08. The van der Waals surface area contributed by atoms with Crippen LogP contribution in [-0.2, 0) is 6.42 Å². The van der Waals surface area contributed by atoms with Gasteiger partial charge in [-0.3, -0.25) is 4.79 Å². The molecule has 0 aliphatic rings. The van der Waals surface area contributed by atoms with E-state index in [0.717, 1.165) is 0 Å². The molecule has 5 heteroatoms. The number of carboxylic acids is 1. The van der Waals surface area contributed by atoms with E-state index in [-0.39, 0.29) is 11.5 Å². The Morgan fingerprint density at radius 1 is 1.25 bits per heavy atom. The summed E-state index contributed by atoms with van der Waals surface area (Å²) in [5.74, 6) is -1.10. The number of hydrogen-bond donors (Lipinski definition) is 1. The highest BCUT2D eigenvalue weighted by Gasteiger charge is 2.14. The van der Waals surface area contributed by atoms with E-state index in [1.807, 2.05) is 0 Å². The zero-order chi connectivity index (χ0) is 14.5. The molecule has 0 saturated heterocycles.